The Balaban J connectivity index is 2.57. The van der Waals surface area contributed by atoms with Crippen LogP contribution in [0.2, 0.25) is 0 Å². The van der Waals surface area contributed by atoms with E-state index >= 15 is 0 Å². The first-order chi connectivity index (χ1) is 10.2. The molecular weight excluding hydrogens is 307 g/mol. The second-order valence-corrected chi connectivity index (χ2v) is 4.06. The van der Waals surface area contributed by atoms with Crippen LogP contribution in [0.5, 0.6) is 5.88 Å². The Morgan fingerprint density at radius 1 is 1.27 bits per heavy atom. The van der Waals surface area contributed by atoms with Gasteiger partial charge >= 0.3 is 12.3 Å². The molecule has 0 radical (unpaired) electrons. The third kappa shape index (κ3) is 3.16. The van der Waals surface area contributed by atoms with Gasteiger partial charge in [0.15, 0.2) is 5.69 Å². The van der Waals surface area contributed by atoms with Gasteiger partial charge in [-0.3, -0.25) is 4.79 Å². The number of primary amides is 1. The summed E-state index contributed by atoms with van der Waals surface area (Å²) in [5.74, 6) is -1.47. The van der Waals surface area contributed by atoms with Gasteiger partial charge in [-0.05, 0) is 18.2 Å². The Morgan fingerprint density at radius 3 is 2.50 bits per heavy atom. The molecule has 22 heavy (non-hydrogen) atoms. The van der Waals surface area contributed by atoms with Crippen LogP contribution in [-0.4, -0.2) is 26.9 Å². The molecule has 1 aromatic carbocycles. The molecule has 7 nitrogen and oxygen atoms in total. The second-order valence-electron chi connectivity index (χ2n) is 4.06. The van der Waals surface area contributed by atoms with Crippen LogP contribution in [0.15, 0.2) is 30.3 Å². The minimum absolute atomic E-state index is 0.0111. The molecule has 0 aliphatic rings. The number of carboxylic acid groups (broad SMARTS) is 1. The van der Waals surface area contributed by atoms with Gasteiger partial charge in [0, 0.05) is 11.6 Å². The zero-order chi connectivity index (χ0) is 16.5. The fraction of sp³-hybridized carbons (Fsp3) is 0.0833. The van der Waals surface area contributed by atoms with E-state index in [-0.39, 0.29) is 11.3 Å². The molecular formula is C12H8F3N3O4. The van der Waals surface area contributed by atoms with Crippen molar-refractivity contribution in [3.63, 3.8) is 0 Å². The van der Waals surface area contributed by atoms with Crippen molar-refractivity contribution in [2.75, 3.05) is 0 Å². The van der Waals surface area contributed by atoms with E-state index in [1.165, 1.54) is 18.2 Å². The molecule has 0 saturated heterocycles. The number of halogens is 3. The topological polar surface area (TPSA) is 107 Å². The lowest BCUT2D eigenvalue weighted by molar-refractivity contribution is -0.141. The molecule has 116 valence electrons. The zero-order valence-electron chi connectivity index (χ0n) is 10.7. The van der Waals surface area contributed by atoms with Crippen molar-refractivity contribution in [3.05, 3.63) is 41.6 Å². The van der Waals surface area contributed by atoms with E-state index in [4.69, 9.17) is 10.8 Å². The number of ether oxygens (including phenoxy) is 1. The Kier molecular flexibility index (Phi) is 3.76. The molecule has 0 atom stereocenters. The predicted octanol–water partition coefficient (Wildman–Crippen LogP) is 2.05. The zero-order valence-corrected chi connectivity index (χ0v) is 10.7. The Labute approximate surface area is 120 Å². The van der Waals surface area contributed by atoms with E-state index in [1.54, 1.807) is 0 Å². The quantitative estimate of drug-likeness (QED) is 0.843. The number of aromatic nitrogens is 2. The molecule has 3 N–H and O–H groups in total. The molecule has 1 amide bonds. The summed E-state index contributed by atoms with van der Waals surface area (Å²) < 4.78 is 43.0. The Bertz CT molecular complexity index is 739. The molecule has 2 aromatic rings. The van der Waals surface area contributed by atoms with Crippen LogP contribution < -0.4 is 10.5 Å². The van der Waals surface area contributed by atoms with Gasteiger partial charge in [-0.25, -0.2) is 4.79 Å². The van der Waals surface area contributed by atoms with Crippen molar-refractivity contribution in [1.82, 2.24) is 9.78 Å². The first-order valence-corrected chi connectivity index (χ1v) is 5.67. The monoisotopic (exact) mass is 315 g/mol. The second kappa shape index (κ2) is 5.39. The number of nitrogens with zero attached hydrogens (tertiary/aromatic N) is 2. The minimum Gasteiger partial charge on any atom is -0.449 e. The minimum atomic E-state index is -4.79. The highest BCUT2D eigenvalue weighted by Gasteiger charge is 2.36. The standard InChI is InChI=1S/C12H8F3N3O4/c13-12(14,15)8-5-9(22-11(20)21)18(17-8)7-3-1-2-6(4-7)10(16)19/h1-5H,(H2,16,19)(H,20,21). The Morgan fingerprint density at radius 2 is 1.95 bits per heavy atom. The van der Waals surface area contributed by atoms with Gasteiger partial charge < -0.3 is 15.6 Å². The van der Waals surface area contributed by atoms with Crippen molar-refractivity contribution >= 4 is 12.1 Å². The highest BCUT2D eigenvalue weighted by molar-refractivity contribution is 5.93. The van der Waals surface area contributed by atoms with E-state index in [0.717, 1.165) is 6.07 Å². The normalized spacial score (nSPS) is 11.2. The molecule has 2 rings (SSSR count). The van der Waals surface area contributed by atoms with Crippen LogP contribution in [0.4, 0.5) is 18.0 Å². The average Bonchev–Trinajstić information content (AvgIpc) is 2.82. The summed E-state index contributed by atoms with van der Waals surface area (Å²) in [5.41, 5.74) is 3.75. The molecule has 0 unspecified atom stereocenters. The summed E-state index contributed by atoms with van der Waals surface area (Å²) >= 11 is 0. The van der Waals surface area contributed by atoms with Crippen LogP contribution in [0.25, 0.3) is 5.69 Å². The summed E-state index contributed by atoms with van der Waals surface area (Å²) in [4.78, 5) is 21.7. The van der Waals surface area contributed by atoms with E-state index in [2.05, 4.69) is 9.84 Å². The van der Waals surface area contributed by atoms with Gasteiger partial charge in [0.05, 0.1) is 5.69 Å². The maximum absolute atomic E-state index is 12.7. The van der Waals surface area contributed by atoms with E-state index in [0.29, 0.717) is 10.7 Å². The number of rotatable bonds is 3. The largest absolute Gasteiger partial charge is 0.512 e. The van der Waals surface area contributed by atoms with Crippen LogP contribution in [0.1, 0.15) is 16.1 Å². The van der Waals surface area contributed by atoms with Crippen molar-refractivity contribution in [2.24, 2.45) is 5.73 Å². The van der Waals surface area contributed by atoms with E-state index in [9.17, 15) is 22.8 Å². The summed E-state index contributed by atoms with van der Waals surface area (Å²) in [6, 6.07) is 5.61. The summed E-state index contributed by atoms with van der Waals surface area (Å²) in [7, 11) is 0. The van der Waals surface area contributed by atoms with Gasteiger partial charge in [-0.1, -0.05) is 6.07 Å². The fourth-order valence-electron chi connectivity index (χ4n) is 1.64. The molecule has 0 saturated carbocycles. The first-order valence-electron chi connectivity index (χ1n) is 5.67. The fourth-order valence-corrected chi connectivity index (χ4v) is 1.64. The van der Waals surface area contributed by atoms with Crippen molar-refractivity contribution in [1.29, 1.82) is 0 Å². The summed E-state index contributed by atoms with van der Waals surface area (Å²) in [5, 5.41) is 11.8. The van der Waals surface area contributed by atoms with Gasteiger partial charge in [-0.2, -0.15) is 23.0 Å². The van der Waals surface area contributed by atoms with Gasteiger partial charge in [0.25, 0.3) is 0 Å². The highest BCUT2D eigenvalue weighted by atomic mass is 19.4. The molecule has 10 heteroatoms. The number of alkyl halides is 3. The van der Waals surface area contributed by atoms with Crippen molar-refractivity contribution in [3.8, 4) is 11.6 Å². The number of carbonyl (C=O) groups is 2. The number of hydrogen-bond acceptors (Lipinski definition) is 4. The lowest BCUT2D eigenvalue weighted by Gasteiger charge is -2.07. The lowest BCUT2D eigenvalue weighted by atomic mass is 10.2. The number of hydrogen-bond donors (Lipinski definition) is 2. The smallest absolute Gasteiger partial charge is 0.449 e. The molecule has 0 bridgehead atoms. The van der Waals surface area contributed by atoms with Crippen molar-refractivity contribution in [2.45, 2.75) is 6.18 Å². The molecule has 0 fully saturated rings. The third-order valence-electron chi connectivity index (χ3n) is 2.53. The van der Waals surface area contributed by atoms with Crippen LogP contribution in [0.3, 0.4) is 0 Å². The SMILES string of the molecule is NC(=O)c1cccc(-n2nc(C(F)(F)F)cc2OC(=O)O)c1. The Hall–Kier alpha value is -3.04. The van der Waals surface area contributed by atoms with E-state index in [1.807, 2.05) is 0 Å². The summed E-state index contributed by atoms with van der Waals surface area (Å²) in [6.07, 6.45) is -6.59. The number of nitrogens with two attached hydrogens (primary N) is 1. The van der Waals surface area contributed by atoms with Crippen molar-refractivity contribution < 1.29 is 32.6 Å². The molecule has 0 aliphatic heterocycles. The van der Waals surface area contributed by atoms with E-state index < -0.39 is 29.8 Å². The van der Waals surface area contributed by atoms with Crippen LogP contribution >= 0.6 is 0 Å². The summed E-state index contributed by atoms with van der Waals surface area (Å²) in [6.45, 7) is 0. The first kappa shape index (κ1) is 15.4. The molecule has 1 aromatic heterocycles. The number of benzene rings is 1. The molecule has 1 heterocycles. The van der Waals surface area contributed by atoms with Gasteiger partial charge in [-0.15, -0.1) is 0 Å². The number of amides is 1. The van der Waals surface area contributed by atoms with Crippen LogP contribution in [-0.2, 0) is 6.18 Å². The highest BCUT2D eigenvalue weighted by Crippen LogP contribution is 2.32. The lowest BCUT2D eigenvalue weighted by Crippen LogP contribution is -2.13. The molecule has 0 aliphatic carbocycles. The predicted molar refractivity (Wildman–Crippen MR) is 65.7 cm³/mol. The van der Waals surface area contributed by atoms with Gasteiger partial charge in [0.1, 0.15) is 0 Å². The average molecular weight is 315 g/mol. The van der Waals surface area contributed by atoms with Crippen LogP contribution in [0, 0.1) is 0 Å². The maximum Gasteiger partial charge on any atom is 0.512 e. The van der Waals surface area contributed by atoms with Gasteiger partial charge in [0.2, 0.25) is 11.8 Å². The molecule has 0 spiro atoms. The number of carbonyl (C=O) groups excluding carboxylic acids is 1. The third-order valence-corrected chi connectivity index (χ3v) is 2.53. The maximum atomic E-state index is 12.7.